The molecule has 1 fully saturated rings. The predicted molar refractivity (Wildman–Crippen MR) is 69.1 cm³/mol. The minimum atomic E-state index is -2.92. The SMILES string of the molecule is CC(CC(C)(N)C(=O)O)N(C)C1CCS(=O)(=O)C1. The van der Waals surface area contributed by atoms with Gasteiger partial charge in [0.15, 0.2) is 9.84 Å². The third-order valence-corrected chi connectivity index (χ3v) is 5.44. The van der Waals surface area contributed by atoms with Crippen LogP contribution in [0.1, 0.15) is 26.7 Å². The van der Waals surface area contributed by atoms with Crippen LogP contribution in [0.3, 0.4) is 0 Å². The molecule has 0 aromatic carbocycles. The van der Waals surface area contributed by atoms with Gasteiger partial charge in [-0.25, -0.2) is 8.42 Å². The van der Waals surface area contributed by atoms with E-state index >= 15 is 0 Å². The van der Waals surface area contributed by atoms with Gasteiger partial charge >= 0.3 is 5.97 Å². The molecule has 1 heterocycles. The molecule has 7 heteroatoms. The van der Waals surface area contributed by atoms with Crippen molar-refractivity contribution in [1.29, 1.82) is 0 Å². The maximum Gasteiger partial charge on any atom is 0.323 e. The van der Waals surface area contributed by atoms with Crippen LogP contribution < -0.4 is 5.73 Å². The molecule has 3 N–H and O–H groups in total. The van der Waals surface area contributed by atoms with Crippen molar-refractivity contribution in [2.45, 2.75) is 44.3 Å². The molecule has 0 spiro atoms. The van der Waals surface area contributed by atoms with Gasteiger partial charge in [0.1, 0.15) is 5.54 Å². The number of hydrogen-bond donors (Lipinski definition) is 2. The van der Waals surface area contributed by atoms with E-state index in [2.05, 4.69) is 0 Å². The third-order valence-electron chi connectivity index (χ3n) is 3.69. The van der Waals surface area contributed by atoms with Gasteiger partial charge in [-0.3, -0.25) is 9.69 Å². The molecule has 0 aromatic heterocycles. The lowest BCUT2D eigenvalue weighted by Gasteiger charge is -2.33. The Morgan fingerprint density at radius 1 is 1.61 bits per heavy atom. The number of aliphatic carboxylic acids is 1. The summed E-state index contributed by atoms with van der Waals surface area (Å²) in [5, 5.41) is 8.98. The quantitative estimate of drug-likeness (QED) is 0.715. The molecule has 0 bridgehead atoms. The summed E-state index contributed by atoms with van der Waals surface area (Å²) in [6, 6.07) is -0.107. The van der Waals surface area contributed by atoms with Crippen LogP contribution in [0.5, 0.6) is 0 Å². The van der Waals surface area contributed by atoms with Crippen molar-refractivity contribution in [3.05, 3.63) is 0 Å². The molecule has 3 unspecified atom stereocenters. The standard InChI is InChI=1S/C11H22N2O4S/c1-8(6-11(2,12)10(14)15)13(3)9-4-5-18(16,17)7-9/h8-9H,4-7,12H2,1-3H3,(H,14,15). The van der Waals surface area contributed by atoms with Gasteiger partial charge in [0, 0.05) is 12.1 Å². The van der Waals surface area contributed by atoms with Gasteiger partial charge in [0.05, 0.1) is 11.5 Å². The van der Waals surface area contributed by atoms with E-state index in [1.165, 1.54) is 6.92 Å². The van der Waals surface area contributed by atoms with E-state index < -0.39 is 21.3 Å². The minimum absolute atomic E-state index is 0.0328. The van der Waals surface area contributed by atoms with Gasteiger partial charge < -0.3 is 10.8 Å². The molecule has 0 saturated carbocycles. The fourth-order valence-electron chi connectivity index (χ4n) is 2.30. The Labute approximate surface area is 108 Å². The molecule has 3 atom stereocenters. The van der Waals surface area contributed by atoms with Crippen LogP contribution >= 0.6 is 0 Å². The highest BCUT2D eigenvalue weighted by Gasteiger charge is 2.36. The molecule has 1 saturated heterocycles. The van der Waals surface area contributed by atoms with Gasteiger partial charge in [-0.05, 0) is 33.7 Å². The highest BCUT2D eigenvalue weighted by molar-refractivity contribution is 7.91. The molecule has 18 heavy (non-hydrogen) atoms. The Balaban J connectivity index is 2.63. The fourth-order valence-corrected chi connectivity index (χ4v) is 4.09. The van der Waals surface area contributed by atoms with E-state index in [9.17, 15) is 13.2 Å². The van der Waals surface area contributed by atoms with E-state index in [0.717, 1.165) is 0 Å². The molecule has 0 amide bonds. The van der Waals surface area contributed by atoms with Gasteiger partial charge in [-0.1, -0.05) is 0 Å². The van der Waals surface area contributed by atoms with E-state index in [1.54, 1.807) is 0 Å². The van der Waals surface area contributed by atoms with Crippen LogP contribution in [0.25, 0.3) is 0 Å². The third kappa shape index (κ3) is 3.66. The summed E-state index contributed by atoms with van der Waals surface area (Å²) in [5.74, 6) is -0.669. The van der Waals surface area contributed by atoms with Crippen LogP contribution in [0.4, 0.5) is 0 Å². The first-order valence-corrected chi connectivity index (χ1v) is 7.82. The Hall–Kier alpha value is -0.660. The Morgan fingerprint density at radius 3 is 2.56 bits per heavy atom. The summed E-state index contributed by atoms with van der Waals surface area (Å²) in [6.07, 6.45) is 0.896. The number of carboxylic acids is 1. The van der Waals surface area contributed by atoms with Crippen molar-refractivity contribution >= 4 is 15.8 Å². The molecule has 0 aliphatic carbocycles. The first kappa shape index (κ1) is 15.4. The highest BCUT2D eigenvalue weighted by Crippen LogP contribution is 2.21. The zero-order valence-corrected chi connectivity index (χ0v) is 11.9. The molecular formula is C11H22N2O4S. The first-order valence-electron chi connectivity index (χ1n) is 6.00. The fraction of sp³-hybridized carbons (Fsp3) is 0.909. The molecular weight excluding hydrogens is 256 g/mol. The number of rotatable bonds is 5. The normalized spacial score (nSPS) is 27.9. The summed E-state index contributed by atoms with van der Waals surface area (Å²) in [6.45, 7) is 3.35. The summed E-state index contributed by atoms with van der Waals surface area (Å²) in [4.78, 5) is 12.9. The van der Waals surface area contributed by atoms with Crippen molar-refractivity contribution in [2.75, 3.05) is 18.6 Å². The Kier molecular flexibility index (Phi) is 4.40. The second-order valence-electron chi connectivity index (χ2n) is 5.50. The number of nitrogens with two attached hydrogens (primary N) is 1. The van der Waals surface area contributed by atoms with Crippen LogP contribution in [-0.2, 0) is 14.6 Å². The molecule has 6 nitrogen and oxygen atoms in total. The molecule has 1 rings (SSSR count). The average Bonchev–Trinajstić information content (AvgIpc) is 2.56. The summed E-state index contributed by atoms with van der Waals surface area (Å²) in [5.41, 5.74) is 4.42. The van der Waals surface area contributed by atoms with E-state index in [4.69, 9.17) is 10.8 Å². The average molecular weight is 278 g/mol. The minimum Gasteiger partial charge on any atom is -0.480 e. The van der Waals surface area contributed by atoms with Gasteiger partial charge in [-0.15, -0.1) is 0 Å². The van der Waals surface area contributed by atoms with Crippen molar-refractivity contribution in [3.8, 4) is 0 Å². The van der Waals surface area contributed by atoms with Gasteiger partial charge in [-0.2, -0.15) is 0 Å². The first-order chi connectivity index (χ1) is 8.05. The van der Waals surface area contributed by atoms with Gasteiger partial charge in [0.2, 0.25) is 0 Å². The summed E-state index contributed by atoms with van der Waals surface area (Å²) < 4.78 is 22.8. The molecule has 1 aliphatic rings. The molecule has 106 valence electrons. The van der Waals surface area contributed by atoms with Crippen LogP contribution in [0.2, 0.25) is 0 Å². The van der Waals surface area contributed by atoms with E-state index in [-0.39, 0.29) is 30.0 Å². The van der Waals surface area contributed by atoms with Crippen molar-refractivity contribution < 1.29 is 18.3 Å². The number of carboxylic acid groups (broad SMARTS) is 1. The molecule has 0 aromatic rings. The van der Waals surface area contributed by atoms with Gasteiger partial charge in [0.25, 0.3) is 0 Å². The summed E-state index contributed by atoms with van der Waals surface area (Å²) in [7, 11) is -1.10. The number of carbonyl (C=O) groups is 1. The van der Waals surface area contributed by atoms with Crippen molar-refractivity contribution in [3.63, 3.8) is 0 Å². The smallest absolute Gasteiger partial charge is 0.323 e. The lowest BCUT2D eigenvalue weighted by Crippen LogP contribution is -2.51. The monoisotopic (exact) mass is 278 g/mol. The highest BCUT2D eigenvalue weighted by atomic mass is 32.2. The Bertz CT molecular complexity index is 419. The number of nitrogens with zero attached hydrogens (tertiary/aromatic N) is 1. The van der Waals surface area contributed by atoms with Crippen LogP contribution in [-0.4, -0.2) is 60.6 Å². The topological polar surface area (TPSA) is 101 Å². The van der Waals surface area contributed by atoms with Crippen LogP contribution in [0, 0.1) is 0 Å². The second-order valence-corrected chi connectivity index (χ2v) is 7.73. The predicted octanol–water partition coefficient (Wildman–Crippen LogP) is -0.314. The largest absolute Gasteiger partial charge is 0.480 e. The lowest BCUT2D eigenvalue weighted by atomic mass is 9.94. The second kappa shape index (κ2) is 5.14. The Morgan fingerprint density at radius 2 is 2.17 bits per heavy atom. The maximum absolute atomic E-state index is 11.4. The maximum atomic E-state index is 11.4. The van der Waals surface area contributed by atoms with Crippen molar-refractivity contribution in [2.24, 2.45) is 5.73 Å². The number of hydrogen-bond acceptors (Lipinski definition) is 5. The van der Waals surface area contributed by atoms with E-state index in [0.29, 0.717) is 6.42 Å². The lowest BCUT2D eigenvalue weighted by molar-refractivity contribution is -0.143. The van der Waals surface area contributed by atoms with E-state index in [1.807, 2.05) is 18.9 Å². The molecule has 1 aliphatic heterocycles. The zero-order chi connectivity index (χ0) is 14.1. The zero-order valence-electron chi connectivity index (χ0n) is 11.1. The van der Waals surface area contributed by atoms with Crippen molar-refractivity contribution in [1.82, 2.24) is 4.90 Å². The molecule has 0 radical (unpaired) electrons. The number of sulfone groups is 1. The van der Waals surface area contributed by atoms with Crippen LogP contribution in [0.15, 0.2) is 0 Å². The summed E-state index contributed by atoms with van der Waals surface area (Å²) >= 11 is 0.